The van der Waals surface area contributed by atoms with Gasteiger partial charge in [-0.15, -0.1) is 11.3 Å². The first-order valence-corrected chi connectivity index (χ1v) is 7.37. The van der Waals surface area contributed by atoms with Crippen LogP contribution in [0.1, 0.15) is 16.5 Å². The predicted molar refractivity (Wildman–Crippen MR) is 82.0 cm³/mol. The van der Waals surface area contributed by atoms with E-state index in [0.717, 1.165) is 15.0 Å². The molecule has 0 amide bonds. The Labute approximate surface area is 125 Å². The van der Waals surface area contributed by atoms with Gasteiger partial charge in [-0.1, -0.05) is 18.2 Å². The van der Waals surface area contributed by atoms with E-state index in [0.29, 0.717) is 12.0 Å². The first-order chi connectivity index (χ1) is 10.2. The SMILES string of the molecule is NNC(Cc1ccccc1F)c1cc2cc(F)ccc2s1. The zero-order valence-corrected chi connectivity index (χ0v) is 12.0. The highest BCUT2D eigenvalue weighted by Crippen LogP contribution is 2.32. The molecule has 1 aromatic heterocycles. The largest absolute Gasteiger partial charge is 0.271 e. The Bertz CT molecular complexity index is 770. The van der Waals surface area contributed by atoms with E-state index in [2.05, 4.69) is 5.43 Å². The number of nitrogens with one attached hydrogen (secondary N) is 1. The molecule has 0 spiro atoms. The van der Waals surface area contributed by atoms with E-state index in [9.17, 15) is 8.78 Å². The highest BCUT2D eigenvalue weighted by molar-refractivity contribution is 7.19. The molecule has 3 rings (SSSR count). The van der Waals surface area contributed by atoms with Gasteiger partial charge in [0.1, 0.15) is 11.6 Å². The molecule has 0 fully saturated rings. The molecule has 3 N–H and O–H groups in total. The van der Waals surface area contributed by atoms with Crippen molar-refractivity contribution in [3.63, 3.8) is 0 Å². The molecule has 3 aromatic rings. The molecule has 0 aliphatic carbocycles. The van der Waals surface area contributed by atoms with Gasteiger partial charge in [0, 0.05) is 9.58 Å². The van der Waals surface area contributed by atoms with Gasteiger partial charge < -0.3 is 0 Å². The average molecular weight is 304 g/mol. The smallest absolute Gasteiger partial charge is 0.126 e. The van der Waals surface area contributed by atoms with Crippen molar-refractivity contribution >= 4 is 21.4 Å². The topological polar surface area (TPSA) is 38.0 Å². The Morgan fingerprint density at radius 3 is 2.67 bits per heavy atom. The second-order valence-electron chi connectivity index (χ2n) is 4.85. The second-order valence-corrected chi connectivity index (χ2v) is 5.96. The van der Waals surface area contributed by atoms with E-state index in [-0.39, 0.29) is 17.7 Å². The minimum absolute atomic E-state index is 0.206. The van der Waals surface area contributed by atoms with Gasteiger partial charge in [-0.25, -0.2) is 8.78 Å². The molecular weight excluding hydrogens is 290 g/mol. The minimum Gasteiger partial charge on any atom is -0.271 e. The Hall–Kier alpha value is -1.82. The quantitative estimate of drug-likeness (QED) is 0.566. The molecule has 0 aliphatic rings. The predicted octanol–water partition coefficient (Wildman–Crippen LogP) is 3.93. The maximum absolute atomic E-state index is 13.7. The monoisotopic (exact) mass is 304 g/mol. The lowest BCUT2D eigenvalue weighted by molar-refractivity contribution is 0.535. The number of hydrazine groups is 1. The van der Waals surface area contributed by atoms with Crippen LogP contribution in [-0.4, -0.2) is 0 Å². The third kappa shape index (κ3) is 2.95. The molecule has 0 saturated carbocycles. The normalized spacial score (nSPS) is 12.7. The van der Waals surface area contributed by atoms with Crippen LogP contribution in [-0.2, 0) is 6.42 Å². The van der Waals surface area contributed by atoms with Gasteiger partial charge in [0.15, 0.2) is 0 Å². The number of benzene rings is 2. The average Bonchev–Trinajstić information content (AvgIpc) is 2.89. The molecule has 1 atom stereocenters. The number of fused-ring (bicyclic) bond motifs is 1. The summed E-state index contributed by atoms with van der Waals surface area (Å²) in [5.74, 6) is 5.10. The summed E-state index contributed by atoms with van der Waals surface area (Å²) in [7, 11) is 0. The lowest BCUT2D eigenvalue weighted by Gasteiger charge is -2.14. The Kier molecular flexibility index (Phi) is 3.96. The maximum atomic E-state index is 13.7. The van der Waals surface area contributed by atoms with Gasteiger partial charge in [-0.05, 0) is 47.7 Å². The van der Waals surface area contributed by atoms with Gasteiger partial charge in [0.05, 0.1) is 6.04 Å². The fourth-order valence-corrected chi connectivity index (χ4v) is 3.44. The maximum Gasteiger partial charge on any atom is 0.126 e. The lowest BCUT2D eigenvalue weighted by atomic mass is 10.0. The summed E-state index contributed by atoms with van der Waals surface area (Å²) in [4.78, 5) is 0.960. The van der Waals surface area contributed by atoms with Gasteiger partial charge in [-0.3, -0.25) is 11.3 Å². The molecule has 2 nitrogen and oxygen atoms in total. The first-order valence-electron chi connectivity index (χ1n) is 6.56. The van der Waals surface area contributed by atoms with Gasteiger partial charge in [0.25, 0.3) is 0 Å². The van der Waals surface area contributed by atoms with E-state index in [1.54, 1.807) is 24.3 Å². The fraction of sp³-hybridized carbons (Fsp3) is 0.125. The fourth-order valence-electron chi connectivity index (χ4n) is 2.33. The van der Waals surface area contributed by atoms with Crippen molar-refractivity contribution in [2.24, 2.45) is 5.84 Å². The Morgan fingerprint density at radius 2 is 1.90 bits per heavy atom. The Balaban J connectivity index is 1.93. The summed E-state index contributed by atoms with van der Waals surface area (Å²) in [5.41, 5.74) is 3.32. The van der Waals surface area contributed by atoms with Crippen LogP contribution in [0, 0.1) is 11.6 Å². The van der Waals surface area contributed by atoms with Gasteiger partial charge >= 0.3 is 0 Å². The van der Waals surface area contributed by atoms with Crippen molar-refractivity contribution in [2.75, 3.05) is 0 Å². The van der Waals surface area contributed by atoms with E-state index in [1.165, 1.54) is 29.5 Å². The van der Waals surface area contributed by atoms with E-state index in [1.807, 2.05) is 6.07 Å². The molecule has 0 bridgehead atoms. The van der Waals surface area contributed by atoms with E-state index >= 15 is 0 Å². The molecule has 0 saturated heterocycles. The minimum atomic E-state index is -0.266. The molecule has 5 heteroatoms. The number of hydrogen-bond donors (Lipinski definition) is 2. The number of nitrogens with two attached hydrogens (primary N) is 1. The molecule has 1 unspecified atom stereocenters. The van der Waals surface area contributed by atoms with Crippen molar-refractivity contribution in [2.45, 2.75) is 12.5 Å². The standard InChI is InChI=1S/C16H14F2N2S/c17-12-5-6-15-11(7-12)9-16(21-15)14(20-19)8-10-3-1-2-4-13(10)18/h1-7,9,14,20H,8,19H2. The van der Waals surface area contributed by atoms with Crippen LogP contribution in [0.2, 0.25) is 0 Å². The number of halogens is 2. The molecular formula is C16H14F2N2S. The van der Waals surface area contributed by atoms with Crippen LogP contribution in [0.5, 0.6) is 0 Å². The van der Waals surface area contributed by atoms with Gasteiger partial charge in [-0.2, -0.15) is 0 Å². The van der Waals surface area contributed by atoms with Crippen LogP contribution in [0.4, 0.5) is 8.78 Å². The van der Waals surface area contributed by atoms with Crippen molar-refractivity contribution in [1.82, 2.24) is 5.43 Å². The Morgan fingerprint density at radius 1 is 1.10 bits per heavy atom. The third-order valence-electron chi connectivity index (χ3n) is 3.42. The summed E-state index contributed by atoms with van der Waals surface area (Å²) in [6, 6.07) is 13.0. The summed E-state index contributed by atoms with van der Waals surface area (Å²) >= 11 is 1.53. The van der Waals surface area contributed by atoms with Crippen molar-refractivity contribution in [1.29, 1.82) is 0 Å². The van der Waals surface area contributed by atoms with Crippen molar-refractivity contribution in [3.05, 3.63) is 70.6 Å². The second kappa shape index (κ2) is 5.89. The van der Waals surface area contributed by atoms with Crippen LogP contribution in [0.25, 0.3) is 10.1 Å². The number of hydrogen-bond acceptors (Lipinski definition) is 3. The van der Waals surface area contributed by atoms with Crippen LogP contribution < -0.4 is 11.3 Å². The molecule has 0 radical (unpaired) electrons. The first kappa shape index (κ1) is 14.1. The third-order valence-corrected chi connectivity index (χ3v) is 4.65. The lowest BCUT2D eigenvalue weighted by Crippen LogP contribution is -2.29. The zero-order chi connectivity index (χ0) is 14.8. The number of thiophene rings is 1. The highest BCUT2D eigenvalue weighted by atomic mass is 32.1. The van der Waals surface area contributed by atoms with E-state index in [4.69, 9.17) is 5.84 Å². The van der Waals surface area contributed by atoms with Crippen LogP contribution in [0.3, 0.4) is 0 Å². The molecule has 108 valence electrons. The van der Waals surface area contributed by atoms with Crippen LogP contribution in [0.15, 0.2) is 48.5 Å². The molecule has 21 heavy (non-hydrogen) atoms. The zero-order valence-electron chi connectivity index (χ0n) is 11.1. The summed E-state index contributed by atoms with van der Waals surface area (Å²) < 4.78 is 28.0. The van der Waals surface area contributed by atoms with Gasteiger partial charge in [0.2, 0.25) is 0 Å². The number of rotatable bonds is 4. The summed E-state index contributed by atoms with van der Waals surface area (Å²) in [6.07, 6.45) is 0.443. The molecule has 0 aliphatic heterocycles. The van der Waals surface area contributed by atoms with E-state index < -0.39 is 0 Å². The van der Waals surface area contributed by atoms with Crippen molar-refractivity contribution < 1.29 is 8.78 Å². The van der Waals surface area contributed by atoms with Crippen LogP contribution >= 0.6 is 11.3 Å². The highest BCUT2D eigenvalue weighted by Gasteiger charge is 2.16. The molecule has 1 heterocycles. The molecule has 2 aromatic carbocycles. The van der Waals surface area contributed by atoms with Crippen molar-refractivity contribution in [3.8, 4) is 0 Å². The summed E-state index contributed by atoms with van der Waals surface area (Å²) in [6.45, 7) is 0. The summed E-state index contributed by atoms with van der Waals surface area (Å²) in [5, 5.41) is 0.837.